The van der Waals surface area contributed by atoms with Crippen LogP contribution in [0.25, 0.3) is 0 Å². The van der Waals surface area contributed by atoms with E-state index in [1.165, 1.54) is 116 Å². The highest BCUT2D eigenvalue weighted by atomic mass is 127. The highest BCUT2D eigenvalue weighted by Gasteiger charge is 2.40. The maximum atomic E-state index is 6.01. The van der Waals surface area contributed by atoms with E-state index in [1.807, 2.05) is 20.8 Å². The van der Waals surface area contributed by atoms with Crippen molar-refractivity contribution >= 4 is 8.80 Å². The topological polar surface area (TPSA) is 27.7 Å². The van der Waals surface area contributed by atoms with E-state index in [0.717, 1.165) is 16.9 Å². The summed E-state index contributed by atoms with van der Waals surface area (Å²) in [5.41, 5.74) is 0. The molecule has 0 heterocycles. The molecule has 0 bridgehead atoms. The molecular formula is C29H64INO3Si. The van der Waals surface area contributed by atoms with Crippen LogP contribution in [-0.2, 0) is 13.3 Å². The second kappa shape index (κ2) is 26.4. The normalized spacial score (nSPS) is 12.2. The van der Waals surface area contributed by atoms with Crippen LogP contribution in [-0.4, -0.2) is 60.3 Å². The van der Waals surface area contributed by atoms with Crippen molar-refractivity contribution in [1.29, 1.82) is 0 Å². The van der Waals surface area contributed by atoms with Gasteiger partial charge in [0.1, 0.15) is 0 Å². The number of hydrogen-bond donors (Lipinski definition) is 0. The molecule has 4 nitrogen and oxygen atoms in total. The van der Waals surface area contributed by atoms with E-state index in [-0.39, 0.29) is 24.0 Å². The van der Waals surface area contributed by atoms with Gasteiger partial charge in [0.15, 0.2) is 0 Å². The summed E-state index contributed by atoms with van der Waals surface area (Å²) in [6, 6.07) is 0.934. The van der Waals surface area contributed by atoms with Gasteiger partial charge in [-0.2, -0.15) is 0 Å². The molecule has 0 aliphatic rings. The monoisotopic (exact) mass is 629 g/mol. The Morgan fingerprint density at radius 1 is 0.457 bits per heavy atom. The maximum Gasteiger partial charge on any atom is 0.501 e. The van der Waals surface area contributed by atoms with E-state index >= 15 is 0 Å². The van der Waals surface area contributed by atoms with Crippen LogP contribution < -0.4 is 24.0 Å². The third-order valence-corrected chi connectivity index (χ3v) is 10.1. The molecule has 0 spiro atoms. The van der Waals surface area contributed by atoms with Crippen molar-refractivity contribution in [1.82, 2.24) is 0 Å². The Morgan fingerprint density at radius 2 is 0.771 bits per heavy atom. The Morgan fingerprint density at radius 3 is 1.11 bits per heavy atom. The molecule has 0 saturated carbocycles. The zero-order chi connectivity index (χ0) is 25.4. The van der Waals surface area contributed by atoms with Crippen molar-refractivity contribution in [2.24, 2.45) is 0 Å². The highest BCUT2D eigenvalue weighted by molar-refractivity contribution is 6.60. The van der Waals surface area contributed by atoms with Crippen molar-refractivity contribution in [2.45, 2.75) is 143 Å². The van der Waals surface area contributed by atoms with Gasteiger partial charge in [-0.1, -0.05) is 96.8 Å². The van der Waals surface area contributed by atoms with Crippen LogP contribution in [0.4, 0.5) is 0 Å². The van der Waals surface area contributed by atoms with E-state index < -0.39 is 8.80 Å². The van der Waals surface area contributed by atoms with Crippen LogP contribution in [0, 0.1) is 0 Å². The van der Waals surface area contributed by atoms with Gasteiger partial charge in [-0.3, -0.25) is 0 Å². The minimum Gasteiger partial charge on any atom is -1.00 e. The molecule has 0 atom stereocenters. The molecule has 6 heteroatoms. The quantitative estimate of drug-likeness (QED) is 0.0500. The lowest BCUT2D eigenvalue weighted by molar-refractivity contribution is -0.890. The summed E-state index contributed by atoms with van der Waals surface area (Å²) in [7, 11) is 2.26. The molecule has 0 aromatic carbocycles. The third-order valence-electron chi connectivity index (χ3n) is 6.96. The van der Waals surface area contributed by atoms with Gasteiger partial charge in [0.2, 0.25) is 0 Å². The molecular weight excluding hydrogens is 565 g/mol. The van der Waals surface area contributed by atoms with Gasteiger partial charge in [-0.25, -0.2) is 0 Å². The molecule has 0 fully saturated rings. The standard InChI is InChI=1S/C29H64NO3Si.HI/c1-7-11-12-13-14-15-16-17-18-19-20-21-22-23-24-25-27-30(5,6)28-26-29-34(31-8-2,32-9-3)33-10-4;/h7-29H2,1-6H3;1H/q+1;/p-1. The van der Waals surface area contributed by atoms with Crippen LogP contribution in [0.2, 0.25) is 6.04 Å². The second-order valence-corrected chi connectivity index (χ2v) is 13.5. The number of nitrogens with zero attached hydrogens (tertiary/aromatic N) is 1. The highest BCUT2D eigenvalue weighted by Crippen LogP contribution is 2.20. The van der Waals surface area contributed by atoms with Gasteiger partial charge >= 0.3 is 8.80 Å². The summed E-state index contributed by atoms with van der Waals surface area (Å²) in [5, 5.41) is 0. The lowest BCUT2D eigenvalue weighted by atomic mass is 10.0. The number of hydrogen-bond acceptors (Lipinski definition) is 3. The molecule has 35 heavy (non-hydrogen) atoms. The van der Waals surface area contributed by atoms with Gasteiger partial charge in [-0.05, 0) is 33.6 Å². The number of quaternary nitrogens is 1. The summed E-state index contributed by atoms with van der Waals surface area (Å²) >= 11 is 0. The van der Waals surface area contributed by atoms with Crippen molar-refractivity contribution in [3.8, 4) is 0 Å². The summed E-state index contributed by atoms with van der Waals surface area (Å²) in [6.07, 6.45) is 24.0. The molecule has 0 N–H and O–H groups in total. The fourth-order valence-corrected chi connectivity index (χ4v) is 7.52. The van der Waals surface area contributed by atoms with Crippen molar-refractivity contribution in [2.75, 3.05) is 47.0 Å². The predicted molar refractivity (Wildman–Crippen MR) is 151 cm³/mol. The van der Waals surface area contributed by atoms with Crippen LogP contribution in [0.1, 0.15) is 137 Å². The van der Waals surface area contributed by atoms with Crippen molar-refractivity contribution in [3.63, 3.8) is 0 Å². The molecule has 0 aliphatic heterocycles. The Balaban J connectivity index is 0. The van der Waals surface area contributed by atoms with E-state index in [0.29, 0.717) is 19.8 Å². The Hall–Kier alpha value is 0.787. The largest absolute Gasteiger partial charge is 1.00 e. The fraction of sp³-hybridized carbons (Fsp3) is 1.00. The number of halogens is 1. The summed E-state index contributed by atoms with van der Waals surface area (Å²) in [5.74, 6) is 0. The van der Waals surface area contributed by atoms with Gasteiger partial charge < -0.3 is 41.7 Å². The van der Waals surface area contributed by atoms with E-state index in [9.17, 15) is 0 Å². The molecule has 0 radical (unpaired) electrons. The van der Waals surface area contributed by atoms with E-state index in [2.05, 4.69) is 21.0 Å². The smallest absolute Gasteiger partial charge is 0.501 e. The van der Waals surface area contributed by atoms with Gasteiger partial charge in [-0.15, -0.1) is 0 Å². The molecule has 0 amide bonds. The first-order valence-corrected chi connectivity index (χ1v) is 17.1. The maximum absolute atomic E-state index is 6.01. The minimum absolute atomic E-state index is 0. The molecule has 0 unspecified atom stereocenters. The average Bonchev–Trinajstić information content (AvgIpc) is 2.79. The summed E-state index contributed by atoms with van der Waals surface area (Å²) in [6.45, 7) is 12.9. The molecule has 0 saturated heterocycles. The Bertz CT molecular complexity index is 410. The lowest BCUT2D eigenvalue weighted by Crippen LogP contribution is -3.00. The van der Waals surface area contributed by atoms with Crippen LogP contribution in [0.15, 0.2) is 0 Å². The zero-order valence-corrected chi connectivity index (χ0v) is 28.0. The summed E-state index contributed by atoms with van der Waals surface area (Å²) in [4.78, 5) is 0. The van der Waals surface area contributed by atoms with Gasteiger partial charge in [0.05, 0.1) is 27.2 Å². The molecule has 0 rings (SSSR count). The summed E-state index contributed by atoms with van der Waals surface area (Å²) < 4.78 is 19.1. The fourth-order valence-electron chi connectivity index (χ4n) is 4.92. The minimum atomic E-state index is -2.48. The van der Waals surface area contributed by atoms with Crippen LogP contribution in [0.3, 0.4) is 0 Å². The van der Waals surface area contributed by atoms with Crippen LogP contribution >= 0.6 is 0 Å². The first kappa shape index (κ1) is 37.9. The van der Waals surface area contributed by atoms with E-state index in [4.69, 9.17) is 13.3 Å². The SMILES string of the molecule is CCCCCCCCCCCCCCCCCC[N+](C)(C)CCC[Si](OCC)(OCC)OCC.[I-]. The van der Waals surface area contributed by atoms with Gasteiger partial charge in [0, 0.05) is 32.3 Å². The third kappa shape index (κ3) is 23.6. The molecule has 214 valence electrons. The zero-order valence-electron chi connectivity index (χ0n) is 24.8. The molecule has 0 aromatic heterocycles. The van der Waals surface area contributed by atoms with Crippen molar-refractivity contribution < 1.29 is 41.7 Å². The second-order valence-electron chi connectivity index (χ2n) is 10.8. The van der Waals surface area contributed by atoms with E-state index in [1.54, 1.807) is 0 Å². The Labute approximate surface area is 239 Å². The van der Waals surface area contributed by atoms with Crippen LogP contribution in [0.5, 0.6) is 0 Å². The average molecular weight is 630 g/mol. The first-order valence-electron chi connectivity index (χ1n) is 15.2. The first-order chi connectivity index (χ1) is 16.4. The number of rotatable bonds is 27. The van der Waals surface area contributed by atoms with Gasteiger partial charge in [0.25, 0.3) is 0 Å². The molecule has 0 aromatic rings. The molecule has 0 aliphatic carbocycles. The number of unbranched alkanes of at least 4 members (excludes halogenated alkanes) is 15. The lowest BCUT2D eigenvalue weighted by Gasteiger charge is -2.32. The predicted octanol–water partition coefficient (Wildman–Crippen LogP) is 5.77. The van der Waals surface area contributed by atoms with Crippen molar-refractivity contribution in [3.05, 3.63) is 0 Å². The Kier molecular flexibility index (Phi) is 28.6.